The molecule has 0 amide bonds. The third-order valence-electron chi connectivity index (χ3n) is 5.98. The van der Waals surface area contributed by atoms with Crippen molar-refractivity contribution < 1.29 is 39.2 Å². The smallest absolute Gasteiger partial charge is 0.335 e. The van der Waals surface area contributed by atoms with Crippen LogP contribution in [-0.2, 0) is 23.9 Å². The Kier molecular flexibility index (Phi) is 22.9. The van der Waals surface area contributed by atoms with Gasteiger partial charge in [0.05, 0.1) is 6.42 Å². The van der Waals surface area contributed by atoms with E-state index in [0.717, 1.165) is 19.3 Å². The number of aliphatic hydroxyl groups excluding tert-OH is 2. The first-order valence-electron chi connectivity index (χ1n) is 13.8. The van der Waals surface area contributed by atoms with Gasteiger partial charge < -0.3 is 24.8 Å². The Morgan fingerprint density at radius 2 is 1.03 bits per heavy atom. The number of aliphatic hydroxyl groups is 2. The fraction of sp³-hybridized carbons (Fsp3) is 0.889. The van der Waals surface area contributed by atoms with E-state index in [1.807, 2.05) is 0 Å². The molecule has 0 fully saturated rings. The number of ether oxygens (including phenoxy) is 2. The number of carbonyl (C=O) groups is 3. The molecule has 0 aromatic carbocycles. The zero-order valence-corrected chi connectivity index (χ0v) is 21.9. The highest BCUT2D eigenvalue weighted by Crippen LogP contribution is 2.14. The first kappa shape index (κ1) is 33.3. The molecule has 0 radical (unpaired) electrons. The van der Waals surface area contributed by atoms with Gasteiger partial charge in [-0.2, -0.15) is 0 Å². The fourth-order valence-corrected chi connectivity index (χ4v) is 3.83. The number of aliphatic carboxylic acids is 1. The maximum atomic E-state index is 11.7. The molecule has 8 heteroatoms. The molecule has 1 unspecified atom stereocenters. The van der Waals surface area contributed by atoms with Crippen LogP contribution in [0.2, 0.25) is 0 Å². The molecule has 0 saturated heterocycles. The fourth-order valence-electron chi connectivity index (χ4n) is 3.83. The summed E-state index contributed by atoms with van der Waals surface area (Å²) in [5.74, 6) is -2.89. The van der Waals surface area contributed by atoms with E-state index in [1.165, 1.54) is 89.9 Å². The quantitative estimate of drug-likeness (QED) is 0.113. The van der Waals surface area contributed by atoms with Crippen LogP contribution in [0.1, 0.15) is 129 Å². The van der Waals surface area contributed by atoms with E-state index in [9.17, 15) is 24.6 Å². The van der Waals surface area contributed by atoms with Gasteiger partial charge in [-0.15, -0.1) is 0 Å². The lowest BCUT2D eigenvalue weighted by molar-refractivity contribution is -0.162. The van der Waals surface area contributed by atoms with Crippen molar-refractivity contribution in [2.75, 3.05) is 13.2 Å². The maximum Gasteiger partial charge on any atom is 0.335 e. The van der Waals surface area contributed by atoms with Crippen molar-refractivity contribution in [3.63, 3.8) is 0 Å². The highest BCUT2D eigenvalue weighted by molar-refractivity contribution is 5.80. The molecule has 206 valence electrons. The third-order valence-corrected chi connectivity index (χ3v) is 5.98. The number of hydrogen-bond acceptors (Lipinski definition) is 7. The molecule has 0 aromatic heterocycles. The van der Waals surface area contributed by atoms with Gasteiger partial charge in [-0.1, -0.05) is 110 Å². The van der Waals surface area contributed by atoms with Gasteiger partial charge in [0.1, 0.15) is 19.3 Å². The molecule has 35 heavy (non-hydrogen) atoms. The van der Waals surface area contributed by atoms with Gasteiger partial charge in [0, 0.05) is 6.42 Å². The molecule has 8 nitrogen and oxygen atoms in total. The normalized spacial score (nSPS) is 12.8. The summed E-state index contributed by atoms with van der Waals surface area (Å²) in [6.45, 7) is 1.45. The van der Waals surface area contributed by atoms with E-state index in [2.05, 4.69) is 11.7 Å². The van der Waals surface area contributed by atoms with Gasteiger partial charge in [-0.25, -0.2) is 4.79 Å². The first-order chi connectivity index (χ1) is 16.9. The number of carboxylic acid groups (broad SMARTS) is 1. The molecule has 0 rings (SSSR count). The molecule has 0 bridgehead atoms. The molecular weight excluding hydrogens is 452 g/mol. The lowest BCUT2D eigenvalue weighted by Gasteiger charge is -2.13. The average molecular weight is 503 g/mol. The predicted octanol–water partition coefficient (Wildman–Crippen LogP) is 5.31. The van der Waals surface area contributed by atoms with Crippen LogP contribution in [0.3, 0.4) is 0 Å². The summed E-state index contributed by atoms with van der Waals surface area (Å²) in [5, 5.41) is 27.4. The predicted molar refractivity (Wildman–Crippen MR) is 135 cm³/mol. The molecule has 0 heterocycles. The topological polar surface area (TPSA) is 130 Å². The van der Waals surface area contributed by atoms with Crippen molar-refractivity contribution in [3.05, 3.63) is 0 Å². The number of esters is 2. The van der Waals surface area contributed by atoms with Crippen molar-refractivity contribution in [2.24, 2.45) is 0 Å². The van der Waals surface area contributed by atoms with Crippen LogP contribution in [-0.4, -0.2) is 58.6 Å². The van der Waals surface area contributed by atoms with Crippen molar-refractivity contribution in [3.8, 4) is 0 Å². The Morgan fingerprint density at radius 1 is 0.629 bits per heavy atom. The maximum absolute atomic E-state index is 11.7. The Hall–Kier alpha value is -1.67. The summed E-state index contributed by atoms with van der Waals surface area (Å²) in [5.41, 5.74) is 0. The van der Waals surface area contributed by atoms with Crippen LogP contribution < -0.4 is 0 Å². The molecule has 2 atom stereocenters. The zero-order chi connectivity index (χ0) is 26.2. The minimum absolute atomic E-state index is 0.280. The summed E-state index contributed by atoms with van der Waals surface area (Å²) in [4.78, 5) is 33.5. The third kappa shape index (κ3) is 23.8. The van der Waals surface area contributed by atoms with Gasteiger partial charge >= 0.3 is 17.9 Å². The van der Waals surface area contributed by atoms with Crippen LogP contribution in [0.4, 0.5) is 0 Å². The van der Waals surface area contributed by atoms with Crippen LogP contribution >= 0.6 is 0 Å². The van der Waals surface area contributed by atoms with E-state index < -0.39 is 43.1 Å². The van der Waals surface area contributed by atoms with Crippen LogP contribution in [0, 0.1) is 0 Å². The van der Waals surface area contributed by atoms with Crippen molar-refractivity contribution in [1.29, 1.82) is 0 Å². The summed E-state index contributed by atoms with van der Waals surface area (Å²) < 4.78 is 9.56. The van der Waals surface area contributed by atoms with Crippen molar-refractivity contribution >= 4 is 17.9 Å². The zero-order valence-electron chi connectivity index (χ0n) is 21.9. The summed E-state index contributed by atoms with van der Waals surface area (Å²) in [7, 11) is 0. The van der Waals surface area contributed by atoms with Gasteiger partial charge in [0.15, 0.2) is 6.10 Å². The molecule has 0 aliphatic carbocycles. The number of carbonyl (C=O) groups excluding carboxylic acids is 2. The molecule has 0 aliphatic heterocycles. The first-order valence-corrected chi connectivity index (χ1v) is 13.8. The van der Waals surface area contributed by atoms with E-state index in [0.29, 0.717) is 0 Å². The van der Waals surface area contributed by atoms with Gasteiger partial charge in [0.25, 0.3) is 0 Å². The second kappa shape index (κ2) is 24.0. The van der Waals surface area contributed by atoms with E-state index in [-0.39, 0.29) is 13.0 Å². The highest BCUT2D eigenvalue weighted by Gasteiger charge is 2.21. The van der Waals surface area contributed by atoms with Crippen molar-refractivity contribution in [2.45, 2.75) is 141 Å². The minimum Gasteiger partial charge on any atom is -0.481 e. The summed E-state index contributed by atoms with van der Waals surface area (Å²) in [6.07, 6.45) is 18.1. The molecule has 0 aliphatic rings. The number of hydrogen-bond donors (Lipinski definition) is 3. The molecule has 0 aromatic rings. The Balaban J connectivity index is 3.41. The van der Waals surface area contributed by atoms with Crippen LogP contribution in [0.25, 0.3) is 0 Å². The van der Waals surface area contributed by atoms with Crippen molar-refractivity contribution in [1.82, 2.24) is 0 Å². The van der Waals surface area contributed by atoms with E-state index in [1.54, 1.807) is 0 Å². The summed E-state index contributed by atoms with van der Waals surface area (Å²) in [6, 6.07) is 0. The van der Waals surface area contributed by atoms with Gasteiger partial charge in [0.2, 0.25) is 0 Å². The molecule has 0 spiro atoms. The second-order valence-corrected chi connectivity index (χ2v) is 9.49. The minimum atomic E-state index is -1.79. The monoisotopic (exact) mass is 502 g/mol. The number of unbranched alkanes of at least 4 members (excludes halogenated alkanes) is 16. The van der Waals surface area contributed by atoms with Crippen LogP contribution in [0.15, 0.2) is 0 Å². The average Bonchev–Trinajstić information content (AvgIpc) is 2.82. The van der Waals surface area contributed by atoms with E-state index in [4.69, 9.17) is 9.84 Å². The Bertz CT molecular complexity index is 537. The summed E-state index contributed by atoms with van der Waals surface area (Å²) >= 11 is 0. The molecule has 3 N–H and O–H groups in total. The molecular formula is C27H50O8. The lowest BCUT2D eigenvalue weighted by Crippen LogP contribution is -2.31. The largest absolute Gasteiger partial charge is 0.481 e. The Morgan fingerprint density at radius 3 is 1.46 bits per heavy atom. The molecule has 0 saturated carbocycles. The number of carboxylic acids is 1. The van der Waals surface area contributed by atoms with Crippen LogP contribution in [0.5, 0.6) is 0 Å². The second-order valence-electron chi connectivity index (χ2n) is 9.49. The highest BCUT2D eigenvalue weighted by atomic mass is 16.6. The lowest BCUT2D eigenvalue weighted by atomic mass is 10.0. The van der Waals surface area contributed by atoms with Gasteiger partial charge in [-0.3, -0.25) is 9.59 Å². The Labute approximate surface area is 211 Å². The standard InChI is InChI=1S/C27H50O8/c1-2-3-4-5-6-7-8-9-10-11-12-13-14-15-16-17-18-19-26(32)34-21-23(28)22-35-27(33)24(29)20-25(30)31/h23-24,28-29H,2-22H2,1H3,(H,30,31)/t23?,24-/m0/s1. The number of rotatable bonds is 25. The SMILES string of the molecule is CCCCCCCCCCCCCCCCCCCC(=O)OCC(O)COC(=O)[C@@H](O)CC(=O)O. The van der Waals surface area contributed by atoms with Gasteiger partial charge in [-0.05, 0) is 6.42 Å². The van der Waals surface area contributed by atoms with E-state index >= 15 is 0 Å².